The first-order valence-electron chi connectivity index (χ1n) is 10.5. The predicted octanol–water partition coefficient (Wildman–Crippen LogP) is 4.75. The molecule has 8 nitrogen and oxygen atoms in total. The van der Waals surface area contributed by atoms with Crippen molar-refractivity contribution in [2.45, 2.75) is 13.5 Å². The Morgan fingerprint density at radius 1 is 1.06 bits per heavy atom. The number of carbonyl (C=O) groups is 2. The lowest BCUT2D eigenvalue weighted by molar-refractivity contribution is 0.0949. The molecule has 4 aromatic rings. The Hall–Kier alpha value is -4.17. The van der Waals surface area contributed by atoms with Crippen LogP contribution < -0.4 is 15.4 Å². The molecule has 0 saturated carbocycles. The number of amides is 2. The van der Waals surface area contributed by atoms with E-state index in [1.807, 2.05) is 25.1 Å². The average Bonchev–Trinajstić information content (AvgIpc) is 3.26. The number of aryl methyl sites for hydroxylation is 1. The first-order valence-corrected chi connectivity index (χ1v) is 10.8. The average molecular weight is 476 g/mol. The number of benzene rings is 2. The van der Waals surface area contributed by atoms with Crippen LogP contribution in [0.15, 0.2) is 73.1 Å². The normalized spacial score (nSPS) is 10.6. The fourth-order valence-corrected chi connectivity index (χ4v) is 3.49. The number of nitrogens with zero attached hydrogens (tertiary/aromatic N) is 3. The summed E-state index contributed by atoms with van der Waals surface area (Å²) in [6.45, 7) is 2.17. The van der Waals surface area contributed by atoms with Gasteiger partial charge in [-0.1, -0.05) is 29.8 Å². The SMILES string of the molecule is Cc1c(Oc2ccnc(NC(=O)c3ccn(C)n3)c2)cccc1C(=O)NCc1cccc(Cl)c1. The van der Waals surface area contributed by atoms with E-state index in [1.165, 1.54) is 6.20 Å². The van der Waals surface area contributed by atoms with Crippen LogP contribution in [-0.2, 0) is 13.6 Å². The van der Waals surface area contributed by atoms with E-state index in [0.717, 1.165) is 5.56 Å². The monoisotopic (exact) mass is 475 g/mol. The molecule has 172 valence electrons. The Labute approximate surface area is 201 Å². The highest BCUT2D eigenvalue weighted by molar-refractivity contribution is 6.30. The molecular formula is C25H22ClN5O3. The van der Waals surface area contributed by atoms with Crippen LogP contribution in [0.5, 0.6) is 11.5 Å². The lowest BCUT2D eigenvalue weighted by Gasteiger charge is -2.13. The lowest BCUT2D eigenvalue weighted by atomic mass is 10.1. The predicted molar refractivity (Wildman–Crippen MR) is 129 cm³/mol. The minimum absolute atomic E-state index is 0.221. The van der Waals surface area contributed by atoms with Gasteiger partial charge in [0.15, 0.2) is 5.69 Å². The third-order valence-electron chi connectivity index (χ3n) is 5.02. The van der Waals surface area contributed by atoms with Crippen molar-refractivity contribution in [2.75, 3.05) is 5.32 Å². The van der Waals surface area contributed by atoms with Gasteiger partial charge in [0.1, 0.15) is 17.3 Å². The highest BCUT2D eigenvalue weighted by Gasteiger charge is 2.14. The van der Waals surface area contributed by atoms with E-state index in [0.29, 0.717) is 40.0 Å². The minimum Gasteiger partial charge on any atom is -0.457 e. The first-order chi connectivity index (χ1) is 16.4. The third kappa shape index (κ3) is 5.60. The van der Waals surface area contributed by atoms with Crippen molar-refractivity contribution < 1.29 is 14.3 Å². The number of ether oxygens (including phenoxy) is 1. The lowest BCUT2D eigenvalue weighted by Crippen LogP contribution is -2.23. The van der Waals surface area contributed by atoms with Gasteiger partial charge in [0.2, 0.25) is 0 Å². The Bertz CT molecular complexity index is 1350. The molecule has 0 unspecified atom stereocenters. The largest absolute Gasteiger partial charge is 0.457 e. The van der Waals surface area contributed by atoms with Crippen LogP contribution in [0.25, 0.3) is 0 Å². The molecule has 2 aromatic heterocycles. The molecule has 4 rings (SSSR count). The van der Waals surface area contributed by atoms with Gasteiger partial charge in [-0.25, -0.2) is 4.98 Å². The quantitative estimate of drug-likeness (QED) is 0.402. The van der Waals surface area contributed by atoms with Gasteiger partial charge in [-0.15, -0.1) is 0 Å². The summed E-state index contributed by atoms with van der Waals surface area (Å²) in [4.78, 5) is 29.3. The van der Waals surface area contributed by atoms with E-state index in [9.17, 15) is 9.59 Å². The summed E-state index contributed by atoms with van der Waals surface area (Å²) < 4.78 is 7.55. The van der Waals surface area contributed by atoms with E-state index in [4.69, 9.17) is 16.3 Å². The summed E-state index contributed by atoms with van der Waals surface area (Å²) in [6, 6.07) is 17.5. The molecular weight excluding hydrogens is 454 g/mol. The van der Waals surface area contributed by atoms with E-state index in [2.05, 4.69) is 20.7 Å². The van der Waals surface area contributed by atoms with Crippen molar-refractivity contribution in [3.05, 3.63) is 100 Å². The first kappa shape index (κ1) is 23.0. The molecule has 0 spiro atoms. The van der Waals surface area contributed by atoms with Gasteiger partial charge in [-0.2, -0.15) is 5.10 Å². The molecule has 34 heavy (non-hydrogen) atoms. The second-order valence-electron chi connectivity index (χ2n) is 7.55. The van der Waals surface area contributed by atoms with Gasteiger partial charge in [0.05, 0.1) is 0 Å². The number of carbonyl (C=O) groups excluding carboxylic acids is 2. The van der Waals surface area contributed by atoms with E-state index in [-0.39, 0.29) is 17.5 Å². The fourth-order valence-electron chi connectivity index (χ4n) is 3.28. The van der Waals surface area contributed by atoms with Gasteiger partial charge in [0, 0.05) is 48.2 Å². The number of rotatable bonds is 7. The molecule has 0 saturated heterocycles. The smallest absolute Gasteiger partial charge is 0.277 e. The molecule has 0 aliphatic rings. The molecule has 0 fully saturated rings. The fraction of sp³-hybridized carbons (Fsp3) is 0.120. The molecule has 0 aliphatic carbocycles. The summed E-state index contributed by atoms with van der Waals surface area (Å²) >= 11 is 6.01. The van der Waals surface area contributed by atoms with Gasteiger partial charge >= 0.3 is 0 Å². The number of halogens is 1. The number of pyridine rings is 1. The van der Waals surface area contributed by atoms with Crippen LogP contribution >= 0.6 is 11.6 Å². The van der Waals surface area contributed by atoms with Crippen LogP contribution in [-0.4, -0.2) is 26.6 Å². The highest BCUT2D eigenvalue weighted by Crippen LogP contribution is 2.28. The van der Waals surface area contributed by atoms with Crippen molar-refractivity contribution >= 4 is 29.2 Å². The summed E-state index contributed by atoms with van der Waals surface area (Å²) in [5.41, 5.74) is 2.37. The second-order valence-corrected chi connectivity index (χ2v) is 7.99. The van der Waals surface area contributed by atoms with Crippen LogP contribution in [0, 0.1) is 6.92 Å². The van der Waals surface area contributed by atoms with Crippen LogP contribution in [0.3, 0.4) is 0 Å². The van der Waals surface area contributed by atoms with E-state index in [1.54, 1.807) is 60.4 Å². The maximum Gasteiger partial charge on any atom is 0.277 e. The van der Waals surface area contributed by atoms with Crippen molar-refractivity contribution in [1.29, 1.82) is 0 Å². The molecule has 2 heterocycles. The van der Waals surface area contributed by atoms with Gasteiger partial charge in [-0.3, -0.25) is 14.3 Å². The van der Waals surface area contributed by atoms with Crippen molar-refractivity contribution in [2.24, 2.45) is 7.05 Å². The molecule has 2 aromatic carbocycles. The van der Waals surface area contributed by atoms with Gasteiger partial charge in [0.25, 0.3) is 11.8 Å². The Balaban J connectivity index is 1.45. The van der Waals surface area contributed by atoms with Gasteiger partial charge < -0.3 is 15.4 Å². The summed E-state index contributed by atoms with van der Waals surface area (Å²) in [7, 11) is 1.73. The highest BCUT2D eigenvalue weighted by atomic mass is 35.5. The molecule has 0 bridgehead atoms. The van der Waals surface area contributed by atoms with Gasteiger partial charge in [-0.05, 0) is 48.9 Å². The number of nitrogens with one attached hydrogen (secondary N) is 2. The van der Waals surface area contributed by atoms with Crippen LogP contribution in [0.1, 0.15) is 32.0 Å². The van der Waals surface area contributed by atoms with E-state index >= 15 is 0 Å². The molecule has 0 radical (unpaired) electrons. The number of hydrogen-bond acceptors (Lipinski definition) is 5. The maximum absolute atomic E-state index is 12.8. The number of anilines is 1. The molecule has 2 N–H and O–H groups in total. The van der Waals surface area contributed by atoms with Crippen molar-refractivity contribution in [1.82, 2.24) is 20.1 Å². The molecule has 0 atom stereocenters. The number of hydrogen-bond donors (Lipinski definition) is 2. The second kappa shape index (κ2) is 10.2. The zero-order valence-corrected chi connectivity index (χ0v) is 19.3. The number of aromatic nitrogens is 3. The summed E-state index contributed by atoms with van der Waals surface area (Å²) in [5.74, 6) is 0.705. The van der Waals surface area contributed by atoms with Crippen molar-refractivity contribution in [3.63, 3.8) is 0 Å². The Morgan fingerprint density at radius 3 is 2.65 bits per heavy atom. The van der Waals surface area contributed by atoms with Crippen molar-refractivity contribution in [3.8, 4) is 11.5 Å². The third-order valence-corrected chi connectivity index (χ3v) is 5.25. The zero-order valence-electron chi connectivity index (χ0n) is 18.6. The van der Waals surface area contributed by atoms with Crippen LogP contribution in [0.4, 0.5) is 5.82 Å². The van der Waals surface area contributed by atoms with E-state index < -0.39 is 0 Å². The maximum atomic E-state index is 12.8. The zero-order chi connectivity index (χ0) is 24.1. The molecule has 2 amide bonds. The summed E-state index contributed by atoms with van der Waals surface area (Å²) in [5, 5.41) is 10.3. The van der Waals surface area contributed by atoms with Crippen LogP contribution in [0.2, 0.25) is 5.02 Å². The Morgan fingerprint density at radius 2 is 1.88 bits per heavy atom. The standard InChI is InChI=1S/C25H22ClN5O3/c1-16-20(24(32)28-15-17-5-3-6-18(26)13-17)7-4-8-22(16)34-19-9-11-27-23(14-19)29-25(33)21-10-12-31(2)30-21/h3-14H,15H2,1-2H3,(H,28,32)(H,27,29,33). The Kier molecular flexibility index (Phi) is 6.89. The minimum atomic E-state index is -0.375. The molecule has 9 heteroatoms. The topological polar surface area (TPSA) is 98.1 Å². The molecule has 0 aliphatic heterocycles. The summed E-state index contributed by atoms with van der Waals surface area (Å²) in [6.07, 6.45) is 3.21.